The van der Waals surface area contributed by atoms with Gasteiger partial charge in [0.25, 0.3) is 0 Å². The molecule has 2 atom stereocenters. The van der Waals surface area contributed by atoms with Crippen LogP contribution in [0.25, 0.3) is 0 Å². The Bertz CT molecular complexity index is 551. The Morgan fingerprint density at radius 2 is 2.14 bits per heavy atom. The van der Waals surface area contributed by atoms with Gasteiger partial charge >= 0.3 is 5.97 Å². The van der Waals surface area contributed by atoms with Crippen molar-refractivity contribution in [2.45, 2.75) is 31.4 Å². The Labute approximate surface area is 123 Å². The van der Waals surface area contributed by atoms with Crippen molar-refractivity contribution in [3.8, 4) is 0 Å². The number of pyridine rings is 1. The van der Waals surface area contributed by atoms with E-state index in [1.807, 2.05) is 11.0 Å². The maximum Gasteiger partial charge on any atom is 0.326 e. The number of nitrogens with zero attached hydrogens (tertiary/aromatic N) is 3. The van der Waals surface area contributed by atoms with Gasteiger partial charge in [0, 0.05) is 19.6 Å². The normalized spacial score (nSPS) is 25.6. The van der Waals surface area contributed by atoms with Crippen LogP contribution >= 0.6 is 0 Å². The summed E-state index contributed by atoms with van der Waals surface area (Å²) in [7, 11) is 0. The molecule has 0 amide bonds. The molecule has 4 N–H and O–H groups in total. The second kappa shape index (κ2) is 5.40. The van der Waals surface area contributed by atoms with Gasteiger partial charge < -0.3 is 25.7 Å². The van der Waals surface area contributed by atoms with Crippen LogP contribution < -0.4 is 15.5 Å². The fourth-order valence-corrected chi connectivity index (χ4v) is 3.08. The number of carboxylic acid groups (broad SMARTS) is 1. The van der Waals surface area contributed by atoms with E-state index in [0.29, 0.717) is 31.0 Å². The van der Waals surface area contributed by atoms with Crippen molar-refractivity contribution in [3.05, 3.63) is 12.1 Å². The van der Waals surface area contributed by atoms with Crippen molar-refractivity contribution >= 4 is 23.3 Å². The summed E-state index contributed by atoms with van der Waals surface area (Å²) in [5, 5.41) is 18.9. The van der Waals surface area contributed by atoms with E-state index in [0.717, 1.165) is 25.2 Å². The van der Waals surface area contributed by atoms with Gasteiger partial charge in [-0.2, -0.15) is 0 Å². The molecule has 2 aliphatic rings. The molecule has 2 fully saturated rings. The molecule has 2 unspecified atom stereocenters. The number of carbonyl (C=O) groups is 1. The summed E-state index contributed by atoms with van der Waals surface area (Å²) in [6.45, 7) is 1.96. The van der Waals surface area contributed by atoms with Crippen molar-refractivity contribution < 1.29 is 15.0 Å². The first kappa shape index (κ1) is 13.9. The Hall–Kier alpha value is -2.02. The molecule has 21 heavy (non-hydrogen) atoms. The van der Waals surface area contributed by atoms with Gasteiger partial charge in [-0.3, -0.25) is 0 Å². The van der Waals surface area contributed by atoms with Gasteiger partial charge in [0.1, 0.15) is 11.9 Å². The fourth-order valence-electron chi connectivity index (χ4n) is 3.08. The standard InChI is InChI=1S/C14H20N4O3/c15-10-3-4-12(17-7-5-9(19)8-17)16-13(10)18-6-1-2-11(18)14(20)21/h3-4,9,11,19H,1-2,5-8,15H2,(H,20,21). The van der Waals surface area contributed by atoms with Crippen LogP contribution in [0.4, 0.5) is 17.3 Å². The number of aliphatic hydroxyl groups excluding tert-OH is 1. The van der Waals surface area contributed by atoms with E-state index in [1.54, 1.807) is 11.0 Å². The Kier molecular flexibility index (Phi) is 3.59. The van der Waals surface area contributed by atoms with Crippen LogP contribution in [0.5, 0.6) is 0 Å². The maximum atomic E-state index is 11.3. The molecule has 0 spiro atoms. The predicted octanol–water partition coefficient (Wildman–Crippen LogP) is 0.288. The van der Waals surface area contributed by atoms with E-state index in [1.165, 1.54) is 0 Å². The van der Waals surface area contributed by atoms with Crippen LogP contribution in [0.2, 0.25) is 0 Å². The number of hydrogen-bond acceptors (Lipinski definition) is 6. The summed E-state index contributed by atoms with van der Waals surface area (Å²) in [6.07, 6.45) is 1.84. The van der Waals surface area contributed by atoms with Gasteiger partial charge in [-0.15, -0.1) is 0 Å². The first-order valence-corrected chi connectivity index (χ1v) is 7.25. The smallest absolute Gasteiger partial charge is 0.326 e. The largest absolute Gasteiger partial charge is 0.480 e. The van der Waals surface area contributed by atoms with Gasteiger partial charge in [-0.05, 0) is 31.4 Å². The highest BCUT2D eigenvalue weighted by Crippen LogP contribution is 2.31. The fraction of sp³-hybridized carbons (Fsp3) is 0.571. The number of rotatable bonds is 3. The molecule has 7 nitrogen and oxygen atoms in total. The lowest BCUT2D eigenvalue weighted by Crippen LogP contribution is -2.37. The van der Waals surface area contributed by atoms with E-state index in [9.17, 15) is 15.0 Å². The summed E-state index contributed by atoms with van der Waals surface area (Å²) in [6, 6.07) is 3.03. The number of aliphatic hydroxyl groups is 1. The highest BCUT2D eigenvalue weighted by atomic mass is 16.4. The Morgan fingerprint density at radius 3 is 2.81 bits per heavy atom. The van der Waals surface area contributed by atoms with Gasteiger partial charge in [0.2, 0.25) is 0 Å². The molecule has 1 aromatic heterocycles. The van der Waals surface area contributed by atoms with E-state index < -0.39 is 12.0 Å². The second-order valence-corrected chi connectivity index (χ2v) is 5.66. The van der Waals surface area contributed by atoms with Crippen molar-refractivity contribution in [1.29, 1.82) is 0 Å². The molecule has 114 valence electrons. The summed E-state index contributed by atoms with van der Waals surface area (Å²) in [5.41, 5.74) is 6.48. The third kappa shape index (κ3) is 2.61. The lowest BCUT2D eigenvalue weighted by Gasteiger charge is -2.26. The summed E-state index contributed by atoms with van der Waals surface area (Å²) in [5.74, 6) is 0.446. The van der Waals surface area contributed by atoms with Crippen LogP contribution in [-0.4, -0.2) is 52.9 Å². The number of aromatic nitrogens is 1. The second-order valence-electron chi connectivity index (χ2n) is 5.66. The quantitative estimate of drug-likeness (QED) is 0.735. The number of anilines is 3. The zero-order chi connectivity index (χ0) is 15.0. The first-order valence-electron chi connectivity index (χ1n) is 7.25. The molecule has 0 saturated carbocycles. The number of aliphatic carboxylic acids is 1. The average Bonchev–Trinajstić information content (AvgIpc) is 3.08. The predicted molar refractivity (Wildman–Crippen MR) is 79.5 cm³/mol. The van der Waals surface area contributed by atoms with Crippen molar-refractivity contribution in [3.63, 3.8) is 0 Å². The zero-order valence-corrected chi connectivity index (χ0v) is 11.8. The molecule has 0 aliphatic carbocycles. The number of carboxylic acids is 1. The van der Waals surface area contributed by atoms with Crippen LogP contribution in [0.15, 0.2) is 12.1 Å². The highest BCUT2D eigenvalue weighted by Gasteiger charge is 2.33. The third-order valence-corrected chi connectivity index (χ3v) is 4.19. The molecule has 3 heterocycles. The minimum atomic E-state index is -0.837. The molecule has 0 bridgehead atoms. The number of hydrogen-bond donors (Lipinski definition) is 3. The van der Waals surface area contributed by atoms with Crippen molar-refractivity contribution in [2.24, 2.45) is 0 Å². The minimum Gasteiger partial charge on any atom is -0.480 e. The van der Waals surface area contributed by atoms with E-state index in [2.05, 4.69) is 4.98 Å². The molecule has 1 aromatic rings. The molecule has 2 aliphatic heterocycles. The Balaban J connectivity index is 1.89. The molecule has 7 heteroatoms. The zero-order valence-electron chi connectivity index (χ0n) is 11.8. The van der Waals surface area contributed by atoms with E-state index in [-0.39, 0.29) is 6.10 Å². The van der Waals surface area contributed by atoms with Crippen LogP contribution in [0, 0.1) is 0 Å². The third-order valence-electron chi connectivity index (χ3n) is 4.19. The summed E-state index contributed by atoms with van der Waals surface area (Å²) >= 11 is 0. The van der Waals surface area contributed by atoms with E-state index in [4.69, 9.17) is 5.73 Å². The number of nitrogens with two attached hydrogens (primary N) is 1. The SMILES string of the molecule is Nc1ccc(N2CCC(O)C2)nc1N1CCCC1C(=O)O. The van der Waals surface area contributed by atoms with Crippen molar-refractivity contribution in [2.75, 3.05) is 35.2 Å². The molecule has 0 aromatic carbocycles. The lowest BCUT2D eigenvalue weighted by molar-refractivity contribution is -0.138. The molecule has 0 radical (unpaired) electrons. The summed E-state index contributed by atoms with van der Waals surface area (Å²) in [4.78, 5) is 19.7. The molecule has 2 saturated heterocycles. The van der Waals surface area contributed by atoms with Crippen LogP contribution in [-0.2, 0) is 4.79 Å². The van der Waals surface area contributed by atoms with Gasteiger partial charge in [-0.25, -0.2) is 9.78 Å². The van der Waals surface area contributed by atoms with E-state index >= 15 is 0 Å². The van der Waals surface area contributed by atoms with Crippen LogP contribution in [0.3, 0.4) is 0 Å². The molecular weight excluding hydrogens is 272 g/mol. The number of nitrogen functional groups attached to an aromatic ring is 1. The Morgan fingerprint density at radius 1 is 1.33 bits per heavy atom. The average molecular weight is 292 g/mol. The van der Waals surface area contributed by atoms with Crippen LogP contribution in [0.1, 0.15) is 19.3 Å². The van der Waals surface area contributed by atoms with Gasteiger partial charge in [-0.1, -0.05) is 0 Å². The van der Waals surface area contributed by atoms with Gasteiger partial charge in [0.05, 0.1) is 11.8 Å². The summed E-state index contributed by atoms with van der Waals surface area (Å²) < 4.78 is 0. The molecule has 3 rings (SSSR count). The molecular formula is C14H20N4O3. The lowest BCUT2D eigenvalue weighted by atomic mass is 10.2. The highest BCUT2D eigenvalue weighted by molar-refractivity contribution is 5.81. The maximum absolute atomic E-state index is 11.3. The van der Waals surface area contributed by atoms with Crippen molar-refractivity contribution in [1.82, 2.24) is 4.98 Å². The topological polar surface area (TPSA) is 103 Å². The van der Waals surface area contributed by atoms with Gasteiger partial charge in [0.15, 0.2) is 5.82 Å². The first-order chi connectivity index (χ1) is 10.1. The monoisotopic (exact) mass is 292 g/mol. The number of β-amino-alcohol motifs (C(OH)–C–C–N with tert-alkyl or cyclic N) is 1. The minimum absolute atomic E-state index is 0.327.